The number of anilines is 4. The van der Waals surface area contributed by atoms with Gasteiger partial charge in [-0.1, -0.05) is 72.8 Å². The molecule has 0 aromatic heterocycles. The number of rotatable bonds is 10. The third kappa shape index (κ3) is 9.10. The summed E-state index contributed by atoms with van der Waals surface area (Å²) in [6, 6.07) is 36.2. The van der Waals surface area contributed by atoms with Gasteiger partial charge in [0.05, 0.1) is 22.5 Å². The van der Waals surface area contributed by atoms with Crippen LogP contribution in [0.2, 0.25) is 0 Å². The quantitative estimate of drug-likeness (QED) is 0.120. The minimum atomic E-state index is -1.25. The number of carbonyl (C=O) groups excluding carboxylic acids is 3. The van der Waals surface area contributed by atoms with E-state index in [0.717, 1.165) is 4.90 Å². The summed E-state index contributed by atoms with van der Waals surface area (Å²) in [5, 5.41) is 21.8. The second-order valence-corrected chi connectivity index (χ2v) is 11.5. The van der Waals surface area contributed by atoms with Crippen LogP contribution in [0.1, 0.15) is 59.5 Å². The smallest absolute Gasteiger partial charge is 0.337 e. The number of halogens is 2. The molecule has 264 valence electrons. The Morgan fingerprint density at radius 1 is 0.528 bits per heavy atom. The van der Waals surface area contributed by atoms with E-state index in [1.165, 1.54) is 91.9 Å². The van der Waals surface area contributed by atoms with E-state index in [9.17, 15) is 43.0 Å². The number of carboxylic acid groups (broad SMARTS) is 2. The van der Waals surface area contributed by atoms with Crippen molar-refractivity contribution < 1.29 is 43.0 Å². The number of nitrogens with zero attached hydrogens (tertiary/aromatic N) is 1. The van der Waals surface area contributed by atoms with E-state index in [1.54, 1.807) is 54.6 Å². The average molecular weight is 713 g/mol. The van der Waals surface area contributed by atoms with Crippen LogP contribution in [-0.2, 0) is 4.79 Å². The number of hydrogen-bond acceptors (Lipinski definition) is 6. The fourth-order valence-corrected chi connectivity index (χ4v) is 5.30. The summed E-state index contributed by atoms with van der Waals surface area (Å²) in [6.07, 6.45) is 0. The molecule has 0 aliphatic carbocycles. The maximum atomic E-state index is 13.3. The van der Waals surface area contributed by atoms with Crippen LogP contribution < -0.4 is 10.2 Å². The summed E-state index contributed by atoms with van der Waals surface area (Å²) in [5.74, 6) is -4.24. The Labute approximate surface area is 302 Å². The molecule has 9 nitrogen and oxygen atoms in total. The Bertz CT molecular complexity index is 2300. The lowest BCUT2D eigenvalue weighted by Gasteiger charge is -2.23. The van der Waals surface area contributed by atoms with Crippen molar-refractivity contribution in [3.8, 4) is 0 Å². The van der Waals surface area contributed by atoms with E-state index in [4.69, 9.17) is 0 Å². The molecule has 0 aliphatic heterocycles. The van der Waals surface area contributed by atoms with E-state index >= 15 is 0 Å². The van der Waals surface area contributed by atoms with Gasteiger partial charge in [-0.15, -0.1) is 0 Å². The second kappa shape index (κ2) is 16.6. The van der Waals surface area contributed by atoms with Gasteiger partial charge in [-0.2, -0.15) is 0 Å². The van der Waals surface area contributed by atoms with Gasteiger partial charge in [-0.05, 0) is 72.8 Å². The molecule has 0 unspecified atom stereocenters. The van der Waals surface area contributed by atoms with Crippen molar-refractivity contribution in [2.45, 2.75) is 6.92 Å². The number of benzene rings is 6. The van der Waals surface area contributed by atoms with Gasteiger partial charge in [0.2, 0.25) is 5.91 Å². The molecule has 0 atom stereocenters. The zero-order valence-electron chi connectivity index (χ0n) is 28.0. The summed E-state index contributed by atoms with van der Waals surface area (Å²) in [7, 11) is 0. The number of amides is 1. The van der Waals surface area contributed by atoms with E-state index in [1.807, 2.05) is 6.07 Å². The Morgan fingerprint density at radius 2 is 0.981 bits per heavy atom. The van der Waals surface area contributed by atoms with Crippen LogP contribution >= 0.6 is 0 Å². The van der Waals surface area contributed by atoms with Crippen molar-refractivity contribution in [1.82, 2.24) is 0 Å². The normalized spacial score (nSPS) is 10.3. The molecule has 6 rings (SSSR count). The molecular formula is C42H30F2N2O7. The van der Waals surface area contributed by atoms with Crippen molar-refractivity contribution in [2.75, 3.05) is 10.2 Å². The molecule has 3 N–H and O–H groups in total. The topological polar surface area (TPSA) is 141 Å². The van der Waals surface area contributed by atoms with Crippen LogP contribution in [0.3, 0.4) is 0 Å². The summed E-state index contributed by atoms with van der Waals surface area (Å²) in [5.41, 5.74) is 2.53. The van der Waals surface area contributed by atoms with Gasteiger partial charge < -0.3 is 15.5 Å². The zero-order chi connectivity index (χ0) is 38.1. The van der Waals surface area contributed by atoms with Crippen molar-refractivity contribution in [3.05, 3.63) is 191 Å². The molecule has 0 saturated carbocycles. The first-order valence-electron chi connectivity index (χ1n) is 16.0. The molecule has 53 heavy (non-hydrogen) atoms. The predicted octanol–water partition coefficient (Wildman–Crippen LogP) is 8.94. The van der Waals surface area contributed by atoms with Crippen LogP contribution in [0.5, 0.6) is 0 Å². The number of carbonyl (C=O) groups is 5. The molecule has 0 radical (unpaired) electrons. The molecule has 0 fully saturated rings. The van der Waals surface area contributed by atoms with Gasteiger partial charge >= 0.3 is 11.9 Å². The molecule has 0 bridgehead atoms. The van der Waals surface area contributed by atoms with Gasteiger partial charge in [0.25, 0.3) is 0 Å². The van der Waals surface area contributed by atoms with Gasteiger partial charge in [0.15, 0.2) is 11.6 Å². The van der Waals surface area contributed by atoms with Crippen LogP contribution in [0.15, 0.2) is 146 Å². The molecule has 6 aromatic rings. The van der Waals surface area contributed by atoms with Crippen LogP contribution in [-0.4, -0.2) is 39.6 Å². The number of ketones is 2. The third-order valence-corrected chi connectivity index (χ3v) is 7.84. The third-order valence-electron chi connectivity index (χ3n) is 7.84. The highest BCUT2D eigenvalue weighted by atomic mass is 19.1. The van der Waals surface area contributed by atoms with Gasteiger partial charge in [-0.25, -0.2) is 18.4 Å². The predicted molar refractivity (Wildman–Crippen MR) is 195 cm³/mol. The number of hydrogen-bond donors (Lipinski definition) is 3. The largest absolute Gasteiger partial charge is 0.478 e. The standard InChI is InChI=1S/C22H16FNO4.C20H14FNO3/c1-14(25)24(18-10-8-17(23)9-11-18)20-13-16(7-12-19(20)22(27)28)21(26)15-5-3-2-4-6-15;21-15-7-9-16(10-8-15)22-18-12-14(6-11-17(18)20(24)25)19(23)13-4-2-1-3-5-13/h2-13H,1H3,(H,27,28);1-12,22H,(H,24,25). The van der Waals surface area contributed by atoms with Crippen molar-refractivity contribution in [2.24, 2.45) is 0 Å². The Balaban J connectivity index is 0.000000206. The number of nitrogens with one attached hydrogen (secondary N) is 1. The maximum Gasteiger partial charge on any atom is 0.337 e. The fraction of sp³-hybridized carbons (Fsp3) is 0.0238. The van der Waals surface area contributed by atoms with Gasteiger partial charge in [-0.3, -0.25) is 19.3 Å². The first-order chi connectivity index (χ1) is 25.4. The summed E-state index contributed by atoms with van der Waals surface area (Å²) in [4.78, 5) is 61.9. The van der Waals surface area contributed by atoms with Crippen molar-refractivity contribution >= 4 is 52.2 Å². The first-order valence-corrected chi connectivity index (χ1v) is 16.0. The summed E-state index contributed by atoms with van der Waals surface area (Å²) >= 11 is 0. The lowest BCUT2D eigenvalue weighted by molar-refractivity contribution is -0.115. The molecule has 1 amide bonds. The minimum absolute atomic E-state index is 0.0222. The lowest BCUT2D eigenvalue weighted by atomic mass is 10.00. The zero-order valence-corrected chi connectivity index (χ0v) is 28.0. The van der Waals surface area contributed by atoms with Crippen LogP contribution in [0, 0.1) is 11.6 Å². The van der Waals surface area contributed by atoms with E-state index in [-0.39, 0.29) is 39.6 Å². The molecule has 11 heteroatoms. The first kappa shape index (κ1) is 37.0. The highest BCUT2D eigenvalue weighted by Gasteiger charge is 2.23. The summed E-state index contributed by atoms with van der Waals surface area (Å²) in [6.45, 7) is 1.26. The highest BCUT2D eigenvalue weighted by Crippen LogP contribution is 2.31. The second-order valence-electron chi connectivity index (χ2n) is 11.5. The van der Waals surface area contributed by atoms with Crippen LogP contribution in [0.4, 0.5) is 31.5 Å². The van der Waals surface area contributed by atoms with Gasteiger partial charge in [0, 0.05) is 40.6 Å². The van der Waals surface area contributed by atoms with Gasteiger partial charge in [0.1, 0.15) is 11.6 Å². The van der Waals surface area contributed by atoms with Crippen molar-refractivity contribution in [1.29, 1.82) is 0 Å². The number of carboxylic acids is 2. The van der Waals surface area contributed by atoms with E-state index < -0.39 is 29.5 Å². The SMILES string of the molecule is CC(=O)N(c1ccc(F)cc1)c1cc(C(=O)c2ccccc2)ccc1C(=O)O.O=C(c1ccccc1)c1ccc(C(=O)O)c(Nc2ccc(F)cc2)c1. The summed E-state index contributed by atoms with van der Waals surface area (Å²) < 4.78 is 26.3. The average Bonchev–Trinajstić information content (AvgIpc) is 3.16. The van der Waals surface area contributed by atoms with Crippen molar-refractivity contribution in [3.63, 3.8) is 0 Å². The monoisotopic (exact) mass is 712 g/mol. The molecular weight excluding hydrogens is 682 g/mol. The molecule has 0 saturated heterocycles. The number of aromatic carboxylic acids is 2. The van der Waals surface area contributed by atoms with E-state index in [0.29, 0.717) is 28.1 Å². The Hall–Kier alpha value is -7.27. The van der Waals surface area contributed by atoms with Crippen LogP contribution in [0.25, 0.3) is 0 Å². The minimum Gasteiger partial charge on any atom is -0.478 e. The molecule has 0 spiro atoms. The molecule has 0 aliphatic rings. The van der Waals surface area contributed by atoms with E-state index in [2.05, 4.69) is 5.32 Å². The molecule has 0 heterocycles. The lowest BCUT2D eigenvalue weighted by Crippen LogP contribution is -2.25. The maximum absolute atomic E-state index is 13.3. The fourth-order valence-electron chi connectivity index (χ4n) is 5.30. The Morgan fingerprint density at radius 3 is 1.45 bits per heavy atom. The highest BCUT2D eigenvalue weighted by molar-refractivity contribution is 6.13. The molecule has 6 aromatic carbocycles. The Kier molecular flexibility index (Phi) is 11.6.